The van der Waals surface area contributed by atoms with E-state index < -0.39 is 5.85 Å². The van der Waals surface area contributed by atoms with E-state index in [1.54, 1.807) is 6.07 Å². The molecule has 0 aliphatic carbocycles. The molecule has 3 heteroatoms. The molecule has 0 atom stereocenters. The van der Waals surface area contributed by atoms with Gasteiger partial charge < -0.3 is 10.1 Å². The normalized spacial score (nSPS) is 14.8. The van der Waals surface area contributed by atoms with Gasteiger partial charge >= 0.3 is 0 Å². The van der Waals surface area contributed by atoms with Gasteiger partial charge in [-0.3, -0.25) is 0 Å². The Labute approximate surface area is 83.1 Å². The lowest BCUT2D eigenvalue weighted by Crippen LogP contribution is -2.21. The third-order valence-corrected chi connectivity index (χ3v) is 2.15. The molecule has 0 radical (unpaired) electrons. The quantitative estimate of drug-likeness (QED) is 0.783. The molecule has 1 N–H and O–H groups in total. The van der Waals surface area contributed by atoms with E-state index in [0.717, 1.165) is 18.7 Å². The number of rotatable bonds is 2. The maximum Gasteiger partial charge on any atom is 0.242 e. The molecule has 1 aromatic rings. The number of halogens is 1. The fourth-order valence-corrected chi connectivity index (χ4v) is 1.62. The van der Waals surface area contributed by atoms with E-state index in [1.165, 1.54) is 19.4 Å². The number of ether oxygens (including phenoxy) is 1. The summed E-state index contributed by atoms with van der Waals surface area (Å²) in [5.41, 5.74) is 2.33. The molecule has 1 aliphatic rings. The van der Waals surface area contributed by atoms with Crippen LogP contribution in [0.5, 0.6) is 5.75 Å². The highest BCUT2D eigenvalue weighted by atomic mass is 19.2. The van der Waals surface area contributed by atoms with Gasteiger partial charge in [0.2, 0.25) is 5.85 Å². The minimum absolute atomic E-state index is 0.597. The Morgan fingerprint density at radius 1 is 1.43 bits per heavy atom. The van der Waals surface area contributed by atoms with Gasteiger partial charge in [0, 0.05) is 26.1 Å². The summed E-state index contributed by atoms with van der Waals surface area (Å²) in [4.78, 5) is 0. The third-order valence-electron chi connectivity index (χ3n) is 2.15. The summed E-state index contributed by atoms with van der Waals surface area (Å²) in [6, 6.07) is 5.62. The third kappa shape index (κ3) is 1.97. The maximum absolute atomic E-state index is 13.2. The van der Waals surface area contributed by atoms with E-state index >= 15 is 0 Å². The minimum Gasteiger partial charge on any atom is -0.459 e. The van der Waals surface area contributed by atoms with Crippen LogP contribution in [0.1, 0.15) is 19.4 Å². The zero-order chi connectivity index (χ0) is 10.2. The van der Waals surface area contributed by atoms with Crippen LogP contribution in [0, 0.1) is 0 Å². The zero-order valence-electron chi connectivity index (χ0n) is 8.43. The van der Waals surface area contributed by atoms with Crippen LogP contribution >= 0.6 is 0 Å². The van der Waals surface area contributed by atoms with Gasteiger partial charge in [-0.1, -0.05) is 0 Å². The topological polar surface area (TPSA) is 21.3 Å². The number of alkyl halides is 1. The fraction of sp³-hybridized carbons (Fsp3) is 0.455. The van der Waals surface area contributed by atoms with Crippen molar-refractivity contribution in [1.29, 1.82) is 0 Å². The summed E-state index contributed by atoms with van der Waals surface area (Å²) < 4.78 is 18.3. The molecule has 1 aromatic carbocycles. The lowest BCUT2D eigenvalue weighted by Gasteiger charge is -2.17. The first-order chi connectivity index (χ1) is 6.54. The largest absolute Gasteiger partial charge is 0.459 e. The van der Waals surface area contributed by atoms with Crippen LogP contribution in [0.3, 0.4) is 0 Å². The molecule has 0 amide bonds. The van der Waals surface area contributed by atoms with Gasteiger partial charge in [-0.25, -0.2) is 0 Å². The lowest BCUT2D eigenvalue weighted by atomic mass is 10.1. The van der Waals surface area contributed by atoms with E-state index in [0.29, 0.717) is 5.75 Å². The number of hydrogen-bond acceptors (Lipinski definition) is 2. The van der Waals surface area contributed by atoms with Gasteiger partial charge in [-0.05, 0) is 30.2 Å². The smallest absolute Gasteiger partial charge is 0.242 e. The van der Waals surface area contributed by atoms with Gasteiger partial charge in [0.15, 0.2) is 0 Å². The number of anilines is 1. The second kappa shape index (κ2) is 3.15. The van der Waals surface area contributed by atoms with Crippen LogP contribution < -0.4 is 10.1 Å². The highest BCUT2D eigenvalue weighted by Gasteiger charge is 2.18. The van der Waals surface area contributed by atoms with Gasteiger partial charge in [0.05, 0.1) is 0 Å². The molecule has 2 nitrogen and oxygen atoms in total. The molecule has 0 bridgehead atoms. The summed E-state index contributed by atoms with van der Waals surface area (Å²) in [5, 5.41) is 3.24. The van der Waals surface area contributed by atoms with E-state index in [-0.39, 0.29) is 0 Å². The Balaban J connectivity index is 2.21. The first kappa shape index (κ1) is 9.31. The summed E-state index contributed by atoms with van der Waals surface area (Å²) >= 11 is 0. The molecule has 14 heavy (non-hydrogen) atoms. The molecule has 0 fully saturated rings. The van der Waals surface area contributed by atoms with Crippen molar-refractivity contribution in [2.75, 3.05) is 11.9 Å². The standard InChI is InChI=1S/C11H14FNO/c1-11(2,12)14-9-3-4-10-8(7-9)5-6-13-10/h3-4,7,13H,5-6H2,1-2H3. The van der Waals surface area contributed by atoms with Gasteiger partial charge in [0.1, 0.15) is 5.75 Å². The van der Waals surface area contributed by atoms with Crippen molar-refractivity contribution >= 4 is 5.69 Å². The highest BCUT2D eigenvalue weighted by Crippen LogP contribution is 2.28. The number of fused-ring (bicyclic) bond motifs is 1. The monoisotopic (exact) mass is 195 g/mol. The maximum atomic E-state index is 13.2. The first-order valence-electron chi connectivity index (χ1n) is 4.79. The molecular weight excluding hydrogens is 181 g/mol. The Morgan fingerprint density at radius 3 is 2.93 bits per heavy atom. The van der Waals surface area contributed by atoms with E-state index in [4.69, 9.17) is 4.74 Å². The van der Waals surface area contributed by atoms with Crippen LogP contribution in [-0.4, -0.2) is 12.4 Å². The van der Waals surface area contributed by atoms with Crippen molar-refractivity contribution in [1.82, 2.24) is 0 Å². The lowest BCUT2D eigenvalue weighted by molar-refractivity contribution is -0.0257. The Morgan fingerprint density at radius 2 is 2.21 bits per heavy atom. The fourth-order valence-electron chi connectivity index (χ4n) is 1.62. The van der Waals surface area contributed by atoms with Crippen LogP contribution in [0.25, 0.3) is 0 Å². The first-order valence-corrected chi connectivity index (χ1v) is 4.79. The average Bonchev–Trinajstić information content (AvgIpc) is 2.47. The molecule has 0 spiro atoms. The van der Waals surface area contributed by atoms with Crippen LogP contribution in [-0.2, 0) is 6.42 Å². The van der Waals surface area contributed by atoms with Crippen molar-refractivity contribution in [2.24, 2.45) is 0 Å². The van der Waals surface area contributed by atoms with E-state index in [9.17, 15) is 4.39 Å². The van der Waals surface area contributed by atoms with E-state index in [2.05, 4.69) is 5.32 Å². The van der Waals surface area contributed by atoms with Gasteiger partial charge in [0.25, 0.3) is 0 Å². The van der Waals surface area contributed by atoms with E-state index in [1.807, 2.05) is 12.1 Å². The van der Waals surface area contributed by atoms with Crippen LogP contribution in [0.4, 0.5) is 10.1 Å². The predicted molar refractivity (Wildman–Crippen MR) is 54.5 cm³/mol. The van der Waals surface area contributed by atoms with Crippen LogP contribution in [0.15, 0.2) is 18.2 Å². The SMILES string of the molecule is CC(C)(F)Oc1ccc2c(c1)CCN2. The van der Waals surface area contributed by atoms with Crippen molar-refractivity contribution in [3.8, 4) is 5.75 Å². The average molecular weight is 195 g/mol. The van der Waals surface area contributed by atoms with Gasteiger partial charge in [-0.2, -0.15) is 4.39 Å². The Hall–Kier alpha value is -1.25. The van der Waals surface area contributed by atoms with Crippen LogP contribution in [0.2, 0.25) is 0 Å². The number of benzene rings is 1. The molecular formula is C11H14FNO. The van der Waals surface area contributed by atoms with Crippen molar-refractivity contribution < 1.29 is 9.13 Å². The number of hydrogen-bond donors (Lipinski definition) is 1. The molecule has 1 aliphatic heterocycles. The second-order valence-electron chi connectivity index (χ2n) is 3.96. The molecule has 1 heterocycles. The summed E-state index contributed by atoms with van der Waals surface area (Å²) in [7, 11) is 0. The highest BCUT2D eigenvalue weighted by molar-refractivity contribution is 5.57. The number of nitrogens with one attached hydrogen (secondary N) is 1. The van der Waals surface area contributed by atoms with Gasteiger partial charge in [-0.15, -0.1) is 0 Å². The Kier molecular flexibility index (Phi) is 2.10. The summed E-state index contributed by atoms with van der Waals surface area (Å²) in [5.74, 6) is -1.01. The molecule has 0 unspecified atom stereocenters. The second-order valence-corrected chi connectivity index (χ2v) is 3.96. The van der Waals surface area contributed by atoms with Crippen molar-refractivity contribution in [3.63, 3.8) is 0 Å². The van der Waals surface area contributed by atoms with Crippen molar-refractivity contribution in [2.45, 2.75) is 26.1 Å². The molecule has 0 saturated carbocycles. The molecule has 2 rings (SSSR count). The summed E-state index contributed by atoms with van der Waals surface area (Å²) in [6.07, 6.45) is 0.985. The van der Waals surface area contributed by atoms with Crippen molar-refractivity contribution in [3.05, 3.63) is 23.8 Å². The molecule has 0 aromatic heterocycles. The summed E-state index contributed by atoms with van der Waals surface area (Å²) in [6.45, 7) is 3.76. The Bertz CT molecular complexity index is 344. The molecule has 0 saturated heterocycles. The predicted octanol–water partition coefficient (Wildman–Crippen LogP) is 2.74. The molecule has 76 valence electrons. The minimum atomic E-state index is -1.61. The zero-order valence-corrected chi connectivity index (χ0v) is 8.43.